The Morgan fingerprint density at radius 3 is 2.95 bits per heavy atom. The molecule has 3 rings (SSSR count). The van der Waals surface area contributed by atoms with Crippen LogP contribution in [0.4, 0.5) is 4.39 Å². The normalized spacial score (nSPS) is 11.1. The molecule has 0 atom stereocenters. The monoisotopic (exact) mass is 271 g/mol. The maximum atomic E-state index is 13.2. The molecule has 1 N–H and O–H groups in total. The summed E-state index contributed by atoms with van der Waals surface area (Å²) in [6.07, 6.45) is 2.45. The number of rotatable bonds is 3. The van der Waals surface area contributed by atoms with Crippen LogP contribution in [0.1, 0.15) is 18.3 Å². The summed E-state index contributed by atoms with van der Waals surface area (Å²) >= 11 is 0. The van der Waals surface area contributed by atoms with Gasteiger partial charge < -0.3 is 9.55 Å². The second-order valence-electron chi connectivity index (χ2n) is 4.68. The summed E-state index contributed by atoms with van der Waals surface area (Å²) in [6, 6.07) is 8.07. The first kappa shape index (κ1) is 12.6. The number of aryl methyl sites for hydroxylation is 1. The van der Waals surface area contributed by atoms with Crippen LogP contribution in [0.15, 0.2) is 41.3 Å². The maximum absolute atomic E-state index is 13.2. The number of nitrogens with zero attached hydrogens (tertiary/aromatic N) is 2. The minimum atomic E-state index is -0.301. The van der Waals surface area contributed by atoms with Gasteiger partial charge in [-0.05, 0) is 23.8 Å². The Kier molecular flexibility index (Phi) is 3.10. The van der Waals surface area contributed by atoms with Crippen molar-refractivity contribution in [2.45, 2.75) is 19.9 Å². The summed E-state index contributed by atoms with van der Waals surface area (Å²) in [5.41, 5.74) is 1.75. The largest absolute Gasteiger partial charge is 0.342 e. The number of fused-ring (bicyclic) bond motifs is 1. The lowest BCUT2D eigenvalue weighted by molar-refractivity contribution is 0.623. The summed E-state index contributed by atoms with van der Waals surface area (Å²) in [5, 5.41) is 0. The number of hydrogen-bond donors (Lipinski definition) is 1. The van der Waals surface area contributed by atoms with Crippen LogP contribution in [-0.4, -0.2) is 14.5 Å². The van der Waals surface area contributed by atoms with E-state index >= 15 is 0 Å². The summed E-state index contributed by atoms with van der Waals surface area (Å²) in [4.78, 5) is 19.7. The van der Waals surface area contributed by atoms with Gasteiger partial charge in [-0.25, -0.2) is 9.37 Å². The molecule has 0 aliphatic carbocycles. The van der Waals surface area contributed by atoms with Gasteiger partial charge in [0.1, 0.15) is 11.6 Å². The number of aromatic amines is 1. The Morgan fingerprint density at radius 2 is 2.20 bits per heavy atom. The molecule has 2 heterocycles. The Balaban J connectivity index is 2.04. The molecule has 1 aromatic carbocycles. The van der Waals surface area contributed by atoms with Crippen molar-refractivity contribution in [3.8, 4) is 0 Å². The molecule has 0 unspecified atom stereocenters. The van der Waals surface area contributed by atoms with E-state index in [1.54, 1.807) is 18.3 Å². The zero-order chi connectivity index (χ0) is 14.1. The summed E-state index contributed by atoms with van der Waals surface area (Å²) in [5.74, 6) is 0.491. The molecule has 102 valence electrons. The average Bonchev–Trinajstić information content (AvgIpc) is 2.86. The third-order valence-corrected chi connectivity index (χ3v) is 3.24. The Hall–Kier alpha value is -2.43. The van der Waals surface area contributed by atoms with Gasteiger partial charge in [0.05, 0.1) is 12.1 Å². The van der Waals surface area contributed by atoms with Gasteiger partial charge in [0, 0.05) is 12.6 Å². The van der Waals surface area contributed by atoms with Crippen molar-refractivity contribution in [1.82, 2.24) is 14.5 Å². The van der Waals surface area contributed by atoms with Gasteiger partial charge in [-0.3, -0.25) is 4.79 Å². The lowest BCUT2D eigenvalue weighted by atomic mass is 10.2. The highest BCUT2D eigenvalue weighted by molar-refractivity contribution is 5.73. The summed E-state index contributed by atoms with van der Waals surface area (Å²) < 4.78 is 14.7. The van der Waals surface area contributed by atoms with Crippen molar-refractivity contribution in [3.63, 3.8) is 0 Å². The van der Waals surface area contributed by atoms with Crippen LogP contribution < -0.4 is 5.56 Å². The highest BCUT2D eigenvalue weighted by atomic mass is 19.1. The van der Waals surface area contributed by atoms with Crippen LogP contribution >= 0.6 is 0 Å². The standard InChI is InChI=1S/C15H14FN3O/c1-2-13-17-12-6-7-19(15(20)14(12)18-13)9-10-4-3-5-11(16)8-10/h3-8H,2,9H2,1H3,(H,17,18). The number of benzene rings is 1. The SMILES string of the molecule is CCc1nc2c(=O)n(Cc3cccc(F)c3)ccc2[nH]1. The van der Waals surface area contributed by atoms with Crippen molar-refractivity contribution in [2.75, 3.05) is 0 Å². The van der Waals surface area contributed by atoms with E-state index in [0.717, 1.165) is 23.3 Å². The molecule has 0 aliphatic heterocycles. The number of pyridine rings is 1. The molecule has 3 aromatic rings. The Bertz CT molecular complexity index is 819. The smallest absolute Gasteiger partial charge is 0.278 e. The van der Waals surface area contributed by atoms with Crippen LogP contribution in [0.3, 0.4) is 0 Å². The third kappa shape index (κ3) is 2.22. The van der Waals surface area contributed by atoms with E-state index in [1.807, 2.05) is 13.0 Å². The number of nitrogens with one attached hydrogen (secondary N) is 1. The minimum Gasteiger partial charge on any atom is -0.342 e. The molecule has 0 spiro atoms. The van der Waals surface area contributed by atoms with Gasteiger partial charge in [-0.2, -0.15) is 0 Å². The summed E-state index contributed by atoms with van der Waals surface area (Å²) in [6.45, 7) is 2.31. The van der Waals surface area contributed by atoms with Gasteiger partial charge >= 0.3 is 0 Å². The fourth-order valence-corrected chi connectivity index (χ4v) is 2.21. The first-order valence-electron chi connectivity index (χ1n) is 6.50. The van der Waals surface area contributed by atoms with Gasteiger partial charge in [-0.1, -0.05) is 19.1 Å². The molecular formula is C15H14FN3O. The molecule has 0 aliphatic rings. The molecule has 0 radical (unpaired) electrons. The molecule has 0 amide bonds. The quantitative estimate of drug-likeness (QED) is 0.795. The van der Waals surface area contributed by atoms with Crippen molar-refractivity contribution >= 4 is 11.0 Å². The molecule has 5 heteroatoms. The van der Waals surface area contributed by atoms with Crippen LogP contribution in [-0.2, 0) is 13.0 Å². The van der Waals surface area contributed by atoms with Crippen molar-refractivity contribution in [2.24, 2.45) is 0 Å². The maximum Gasteiger partial charge on any atom is 0.278 e. The van der Waals surface area contributed by atoms with E-state index in [1.165, 1.54) is 16.7 Å². The van der Waals surface area contributed by atoms with E-state index in [2.05, 4.69) is 9.97 Å². The molecule has 0 saturated carbocycles. The molecule has 2 aromatic heterocycles. The molecule has 0 saturated heterocycles. The molecule has 0 fully saturated rings. The Morgan fingerprint density at radius 1 is 1.35 bits per heavy atom. The number of aromatic nitrogens is 3. The van der Waals surface area contributed by atoms with Gasteiger partial charge in [0.15, 0.2) is 5.52 Å². The van der Waals surface area contributed by atoms with E-state index in [-0.39, 0.29) is 11.4 Å². The molecule has 4 nitrogen and oxygen atoms in total. The first-order chi connectivity index (χ1) is 9.67. The van der Waals surface area contributed by atoms with Crippen LogP contribution in [0.2, 0.25) is 0 Å². The van der Waals surface area contributed by atoms with Crippen molar-refractivity contribution in [1.29, 1.82) is 0 Å². The van der Waals surface area contributed by atoms with Crippen molar-refractivity contribution in [3.05, 3.63) is 64.1 Å². The number of halogens is 1. The highest BCUT2D eigenvalue weighted by Crippen LogP contribution is 2.09. The second-order valence-corrected chi connectivity index (χ2v) is 4.68. The number of H-pyrrole nitrogens is 1. The van der Waals surface area contributed by atoms with E-state index in [9.17, 15) is 9.18 Å². The lowest BCUT2D eigenvalue weighted by Crippen LogP contribution is -2.20. The van der Waals surface area contributed by atoms with E-state index < -0.39 is 0 Å². The molecule has 0 bridgehead atoms. The zero-order valence-corrected chi connectivity index (χ0v) is 11.1. The third-order valence-electron chi connectivity index (χ3n) is 3.24. The number of hydrogen-bond acceptors (Lipinski definition) is 2. The zero-order valence-electron chi connectivity index (χ0n) is 11.1. The van der Waals surface area contributed by atoms with Crippen LogP contribution in [0.25, 0.3) is 11.0 Å². The fraction of sp³-hybridized carbons (Fsp3) is 0.200. The van der Waals surface area contributed by atoms with E-state index in [0.29, 0.717) is 12.1 Å². The van der Waals surface area contributed by atoms with Gasteiger partial charge in [0.25, 0.3) is 5.56 Å². The average molecular weight is 271 g/mol. The minimum absolute atomic E-state index is 0.164. The fourth-order valence-electron chi connectivity index (χ4n) is 2.21. The Labute approximate surface area is 114 Å². The highest BCUT2D eigenvalue weighted by Gasteiger charge is 2.08. The number of imidazole rings is 1. The topological polar surface area (TPSA) is 50.7 Å². The predicted molar refractivity (Wildman–Crippen MR) is 75.2 cm³/mol. The summed E-state index contributed by atoms with van der Waals surface area (Å²) in [7, 11) is 0. The predicted octanol–water partition coefficient (Wildman–Crippen LogP) is 2.47. The van der Waals surface area contributed by atoms with Crippen molar-refractivity contribution < 1.29 is 4.39 Å². The second kappa shape index (κ2) is 4.92. The van der Waals surface area contributed by atoms with Crippen LogP contribution in [0, 0.1) is 5.82 Å². The first-order valence-corrected chi connectivity index (χ1v) is 6.50. The lowest BCUT2D eigenvalue weighted by Gasteiger charge is -2.05. The molecule has 20 heavy (non-hydrogen) atoms. The van der Waals surface area contributed by atoms with Crippen LogP contribution in [0.5, 0.6) is 0 Å². The van der Waals surface area contributed by atoms with Gasteiger partial charge in [0.2, 0.25) is 0 Å². The van der Waals surface area contributed by atoms with Gasteiger partial charge in [-0.15, -0.1) is 0 Å². The van der Waals surface area contributed by atoms with E-state index in [4.69, 9.17) is 0 Å². The molecular weight excluding hydrogens is 257 g/mol.